The molecule has 0 fully saturated rings. The third kappa shape index (κ3) is 3.86. The van der Waals surface area contributed by atoms with Crippen LogP contribution in [0.4, 0.5) is 15.8 Å². The normalized spacial score (nSPS) is 10.6. The number of nitrogens with zero attached hydrogens (tertiary/aromatic N) is 1. The molecule has 27 heavy (non-hydrogen) atoms. The first-order valence-corrected chi connectivity index (χ1v) is 9.37. The molecule has 138 valence electrons. The van der Waals surface area contributed by atoms with Gasteiger partial charge in [-0.25, -0.2) is 9.18 Å². The van der Waals surface area contributed by atoms with Gasteiger partial charge in [0.05, 0.1) is 16.3 Å². The number of carbonyl (C=O) groups excluding carboxylic acids is 1. The summed E-state index contributed by atoms with van der Waals surface area (Å²) >= 11 is 7.12. The average Bonchev–Trinajstić information content (AvgIpc) is 3.07. The van der Waals surface area contributed by atoms with E-state index in [-0.39, 0.29) is 29.3 Å². The molecule has 0 aliphatic rings. The van der Waals surface area contributed by atoms with E-state index in [1.54, 1.807) is 42.6 Å². The lowest BCUT2D eigenvalue weighted by atomic mass is 10.1. The van der Waals surface area contributed by atoms with Gasteiger partial charge in [0.25, 0.3) is 0 Å². The third-order valence-corrected chi connectivity index (χ3v) is 5.22. The SMILES string of the molecule is CCC(=O)N(c1cccc(F)c1)c1csc(-c2ccc(Cl)cc2)c1C(=O)O. The molecule has 0 radical (unpaired) electrons. The van der Waals surface area contributed by atoms with Gasteiger partial charge >= 0.3 is 5.97 Å². The molecule has 0 spiro atoms. The number of benzene rings is 2. The Morgan fingerprint density at radius 1 is 1.19 bits per heavy atom. The van der Waals surface area contributed by atoms with Crippen LogP contribution in [-0.4, -0.2) is 17.0 Å². The predicted octanol–water partition coefficient (Wildman–Crippen LogP) is 5.98. The first kappa shape index (κ1) is 19.1. The number of halogens is 2. The van der Waals surface area contributed by atoms with Gasteiger partial charge in [0.2, 0.25) is 5.91 Å². The number of carbonyl (C=O) groups is 2. The molecule has 0 unspecified atom stereocenters. The summed E-state index contributed by atoms with van der Waals surface area (Å²) in [5.41, 5.74) is 1.17. The van der Waals surface area contributed by atoms with Crippen LogP contribution in [0.3, 0.4) is 0 Å². The van der Waals surface area contributed by atoms with Crippen LogP contribution in [-0.2, 0) is 4.79 Å². The summed E-state index contributed by atoms with van der Waals surface area (Å²) in [5.74, 6) is -2.00. The van der Waals surface area contributed by atoms with Gasteiger partial charge < -0.3 is 5.11 Å². The molecule has 0 atom stereocenters. The molecular formula is C20H15ClFNO3S. The van der Waals surface area contributed by atoms with Crippen molar-refractivity contribution in [1.82, 2.24) is 0 Å². The second kappa shape index (κ2) is 7.90. The molecule has 4 nitrogen and oxygen atoms in total. The van der Waals surface area contributed by atoms with E-state index in [4.69, 9.17) is 11.6 Å². The molecule has 0 saturated heterocycles. The van der Waals surface area contributed by atoms with Gasteiger partial charge in [-0.2, -0.15) is 0 Å². The fourth-order valence-corrected chi connectivity index (χ4v) is 3.89. The van der Waals surface area contributed by atoms with E-state index < -0.39 is 11.8 Å². The Balaban J connectivity index is 2.20. The molecule has 1 amide bonds. The summed E-state index contributed by atoms with van der Waals surface area (Å²) in [4.78, 5) is 26.4. The quantitative estimate of drug-likeness (QED) is 0.570. The Hall–Kier alpha value is -2.70. The summed E-state index contributed by atoms with van der Waals surface area (Å²) in [5, 5.41) is 12.0. The second-order valence-corrected chi connectivity index (χ2v) is 7.02. The van der Waals surface area contributed by atoms with Crippen molar-refractivity contribution in [3.63, 3.8) is 0 Å². The Morgan fingerprint density at radius 3 is 2.48 bits per heavy atom. The Kier molecular flexibility index (Phi) is 5.58. The number of aromatic carboxylic acids is 1. The lowest BCUT2D eigenvalue weighted by Gasteiger charge is -2.22. The zero-order valence-electron chi connectivity index (χ0n) is 14.3. The lowest BCUT2D eigenvalue weighted by Crippen LogP contribution is -2.26. The van der Waals surface area contributed by atoms with Crippen LogP contribution in [0, 0.1) is 5.82 Å². The smallest absolute Gasteiger partial charge is 0.339 e. The van der Waals surface area contributed by atoms with Crippen LogP contribution in [0.15, 0.2) is 53.9 Å². The highest BCUT2D eigenvalue weighted by atomic mass is 35.5. The summed E-state index contributed by atoms with van der Waals surface area (Å²) in [7, 11) is 0. The summed E-state index contributed by atoms with van der Waals surface area (Å²) in [6.07, 6.45) is 0.141. The number of carboxylic acids is 1. The van der Waals surface area contributed by atoms with Gasteiger partial charge in [0, 0.05) is 16.8 Å². The first-order chi connectivity index (χ1) is 12.9. The molecule has 2 aromatic carbocycles. The van der Waals surface area contributed by atoms with Crippen LogP contribution in [0.2, 0.25) is 5.02 Å². The van der Waals surface area contributed by atoms with E-state index in [0.717, 1.165) is 0 Å². The van der Waals surface area contributed by atoms with Gasteiger partial charge in [-0.3, -0.25) is 9.69 Å². The van der Waals surface area contributed by atoms with Gasteiger partial charge in [-0.05, 0) is 35.9 Å². The molecule has 0 saturated carbocycles. The molecular weight excluding hydrogens is 389 g/mol. The fraction of sp³-hybridized carbons (Fsp3) is 0.100. The minimum Gasteiger partial charge on any atom is -0.478 e. The van der Waals surface area contributed by atoms with E-state index in [1.807, 2.05) is 0 Å². The highest BCUT2D eigenvalue weighted by Gasteiger charge is 2.27. The van der Waals surface area contributed by atoms with Crippen LogP contribution < -0.4 is 4.90 Å². The van der Waals surface area contributed by atoms with E-state index in [2.05, 4.69) is 0 Å². The first-order valence-electron chi connectivity index (χ1n) is 8.11. The highest BCUT2D eigenvalue weighted by Crippen LogP contribution is 2.41. The number of carboxylic acid groups (broad SMARTS) is 1. The van der Waals surface area contributed by atoms with Crippen molar-refractivity contribution in [2.45, 2.75) is 13.3 Å². The van der Waals surface area contributed by atoms with Crippen LogP contribution >= 0.6 is 22.9 Å². The summed E-state index contributed by atoms with van der Waals surface area (Å²) in [6, 6.07) is 12.3. The molecule has 3 rings (SSSR count). The molecule has 3 aromatic rings. The summed E-state index contributed by atoms with van der Waals surface area (Å²) < 4.78 is 13.7. The average molecular weight is 404 g/mol. The minimum absolute atomic E-state index is 0.00613. The maximum atomic E-state index is 13.7. The predicted molar refractivity (Wildman–Crippen MR) is 106 cm³/mol. The Bertz CT molecular complexity index is 1000. The zero-order chi connectivity index (χ0) is 19.6. The Morgan fingerprint density at radius 2 is 1.89 bits per heavy atom. The van der Waals surface area contributed by atoms with Gasteiger partial charge in [0.15, 0.2) is 0 Å². The van der Waals surface area contributed by atoms with Crippen LogP contribution in [0.25, 0.3) is 10.4 Å². The molecule has 1 aromatic heterocycles. The number of hydrogen-bond acceptors (Lipinski definition) is 3. The maximum absolute atomic E-state index is 13.7. The third-order valence-electron chi connectivity index (χ3n) is 3.95. The maximum Gasteiger partial charge on any atom is 0.339 e. The van der Waals surface area contributed by atoms with Crippen LogP contribution in [0.1, 0.15) is 23.7 Å². The van der Waals surface area contributed by atoms with Crippen molar-refractivity contribution in [2.24, 2.45) is 0 Å². The highest BCUT2D eigenvalue weighted by molar-refractivity contribution is 7.14. The van der Waals surface area contributed by atoms with E-state index in [0.29, 0.717) is 15.5 Å². The van der Waals surface area contributed by atoms with Gasteiger partial charge in [-0.1, -0.05) is 36.7 Å². The van der Waals surface area contributed by atoms with Gasteiger partial charge in [0.1, 0.15) is 11.4 Å². The van der Waals surface area contributed by atoms with Crippen molar-refractivity contribution in [3.8, 4) is 10.4 Å². The number of amides is 1. The Labute approximate surface area is 164 Å². The summed E-state index contributed by atoms with van der Waals surface area (Å²) in [6.45, 7) is 1.67. The number of rotatable bonds is 5. The standard InChI is InChI=1S/C20H15ClFNO3S/c1-2-17(24)23(15-5-3-4-14(22)10-15)16-11-27-19(18(16)20(25)26)12-6-8-13(21)9-7-12/h3-11H,2H2,1H3,(H,25,26). The van der Waals surface area contributed by atoms with Crippen molar-refractivity contribution in [1.29, 1.82) is 0 Å². The largest absolute Gasteiger partial charge is 0.478 e. The molecule has 1 heterocycles. The monoisotopic (exact) mass is 403 g/mol. The zero-order valence-corrected chi connectivity index (χ0v) is 15.9. The number of anilines is 2. The van der Waals surface area contributed by atoms with Crippen molar-refractivity contribution >= 4 is 46.2 Å². The van der Waals surface area contributed by atoms with Gasteiger partial charge in [-0.15, -0.1) is 11.3 Å². The number of thiophene rings is 1. The van der Waals surface area contributed by atoms with E-state index in [1.165, 1.54) is 34.4 Å². The van der Waals surface area contributed by atoms with Crippen molar-refractivity contribution < 1.29 is 19.1 Å². The van der Waals surface area contributed by atoms with E-state index >= 15 is 0 Å². The lowest BCUT2D eigenvalue weighted by molar-refractivity contribution is -0.117. The minimum atomic E-state index is -1.17. The number of hydrogen-bond donors (Lipinski definition) is 1. The topological polar surface area (TPSA) is 57.6 Å². The molecule has 7 heteroatoms. The molecule has 0 aliphatic heterocycles. The molecule has 0 aliphatic carbocycles. The molecule has 0 bridgehead atoms. The van der Waals surface area contributed by atoms with Crippen LogP contribution in [0.5, 0.6) is 0 Å². The van der Waals surface area contributed by atoms with Crippen molar-refractivity contribution in [2.75, 3.05) is 4.90 Å². The molecule has 1 N–H and O–H groups in total. The fourth-order valence-electron chi connectivity index (χ4n) is 2.72. The van der Waals surface area contributed by atoms with E-state index in [9.17, 15) is 19.1 Å². The van der Waals surface area contributed by atoms with Crippen molar-refractivity contribution in [3.05, 3.63) is 70.3 Å². The second-order valence-electron chi connectivity index (χ2n) is 5.70.